The molecule has 2 heterocycles. The molecule has 7 heteroatoms. The Labute approximate surface area is 188 Å². The number of nitrogens with zero attached hydrogens (tertiary/aromatic N) is 4. The maximum Gasteiger partial charge on any atom is 0.206 e. The molecule has 0 saturated heterocycles. The van der Waals surface area contributed by atoms with E-state index in [1.807, 2.05) is 60.1 Å². The van der Waals surface area contributed by atoms with Crippen LogP contribution in [0.15, 0.2) is 89.7 Å². The van der Waals surface area contributed by atoms with Crippen molar-refractivity contribution in [2.45, 2.75) is 0 Å². The van der Waals surface area contributed by atoms with Crippen LogP contribution in [0, 0.1) is 0 Å². The highest BCUT2D eigenvalue weighted by atomic mass is 16.4. The minimum absolute atomic E-state index is 0.0288. The molecule has 0 unspecified atom stereocenters. The van der Waals surface area contributed by atoms with Gasteiger partial charge in [0, 0.05) is 12.6 Å². The molecule has 1 aliphatic heterocycles. The van der Waals surface area contributed by atoms with Gasteiger partial charge in [-0.2, -0.15) is 0 Å². The van der Waals surface area contributed by atoms with E-state index in [1.54, 1.807) is 30.3 Å². The third-order valence-corrected chi connectivity index (χ3v) is 5.40. The summed E-state index contributed by atoms with van der Waals surface area (Å²) in [5.74, 6) is -1.24. The molecule has 0 amide bonds. The largest absolute Gasteiger partial charge is 0.545 e. The average molecular weight is 433 g/mol. The Morgan fingerprint density at radius 2 is 1.36 bits per heavy atom. The van der Waals surface area contributed by atoms with E-state index in [9.17, 15) is 14.7 Å². The second kappa shape index (κ2) is 8.12. The van der Waals surface area contributed by atoms with Crippen molar-refractivity contribution >= 4 is 39.1 Å². The number of para-hydroxylation sites is 6. The third kappa shape index (κ3) is 3.65. The fraction of sp³-hybridized carbons (Fsp3) is 0.0385. The number of aromatic carboxylic acids is 1. The van der Waals surface area contributed by atoms with E-state index in [-0.39, 0.29) is 11.0 Å². The molecule has 7 nitrogen and oxygen atoms in total. The van der Waals surface area contributed by atoms with Crippen molar-refractivity contribution < 1.29 is 9.90 Å². The number of carbonyl (C=O) groups is 1. The molecule has 1 aliphatic carbocycles. The van der Waals surface area contributed by atoms with Gasteiger partial charge in [-0.05, 0) is 42.5 Å². The van der Waals surface area contributed by atoms with Crippen molar-refractivity contribution in [2.24, 2.45) is 7.05 Å². The minimum Gasteiger partial charge on any atom is -0.545 e. The van der Waals surface area contributed by atoms with Gasteiger partial charge in [0.15, 0.2) is 0 Å². The fourth-order valence-electron chi connectivity index (χ4n) is 3.79. The Morgan fingerprint density at radius 1 is 0.727 bits per heavy atom. The molecule has 33 heavy (non-hydrogen) atoms. The van der Waals surface area contributed by atoms with E-state index in [0.717, 1.165) is 22.2 Å². The number of benzene rings is 4. The molecule has 0 fully saturated rings. The highest BCUT2D eigenvalue weighted by molar-refractivity contribution is 6.01. The quantitative estimate of drug-likeness (QED) is 0.369. The van der Waals surface area contributed by atoms with Crippen molar-refractivity contribution in [3.05, 3.63) is 101 Å². The first kappa shape index (κ1) is 20.3. The molecule has 0 spiro atoms. The van der Waals surface area contributed by atoms with Gasteiger partial charge in [-0.1, -0.05) is 42.5 Å². The number of carbonyl (C=O) groups excluding carboxylic acids is 1. The van der Waals surface area contributed by atoms with Crippen LogP contribution >= 0.6 is 0 Å². The summed E-state index contributed by atoms with van der Waals surface area (Å²) in [6.45, 7) is 0. The predicted molar refractivity (Wildman–Crippen MR) is 125 cm³/mol. The van der Waals surface area contributed by atoms with E-state index >= 15 is 0 Å². The molecular formula is C26H17N4O3-. The summed E-state index contributed by atoms with van der Waals surface area (Å²) >= 11 is 0. The lowest BCUT2D eigenvalue weighted by molar-refractivity contribution is -0.254. The van der Waals surface area contributed by atoms with Crippen LogP contribution in [-0.2, 0) is 7.05 Å². The van der Waals surface area contributed by atoms with Crippen LogP contribution in [0.1, 0.15) is 10.4 Å². The lowest BCUT2D eigenvalue weighted by Gasteiger charge is -2.13. The number of carboxylic acids is 1. The summed E-state index contributed by atoms with van der Waals surface area (Å²) in [6.07, 6.45) is 0. The van der Waals surface area contributed by atoms with Gasteiger partial charge >= 0.3 is 0 Å². The van der Waals surface area contributed by atoms with E-state index < -0.39 is 5.97 Å². The van der Waals surface area contributed by atoms with Crippen LogP contribution in [0.25, 0.3) is 44.5 Å². The van der Waals surface area contributed by atoms with Crippen LogP contribution in [0.2, 0.25) is 0 Å². The Kier molecular flexibility index (Phi) is 4.99. The number of fused-ring (bicyclic) bond motifs is 4. The zero-order valence-corrected chi connectivity index (χ0v) is 17.6. The summed E-state index contributed by atoms with van der Waals surface area (Å²) in [6, 6.07) is 25.2. The van der Waals surface area contributed by atoms with Crippen LogP contribution in [0.5, 0.6) is 0 Å². The van der Waals surface area contributed by atoms with Gasteiger partial charge in [-0.15, -0.1) is 0 Å². The third-order valence-electron chi connectivity index (χ3n) is 5.40. The number of rotatable bonds is 1. The highest BCUT2D eigenvalue weighted by Crippen LogP contribution is 2.21. The molecule has 0 saturated carbocycles. The Balaban J connectivity index is 0.000000139. The molecule has 4 aromatic rings. The normalized spacial score (nSPS) is 10.9. The molecule has 3 aromatic carbocycles. The molecule has 0 bridgehead atoms. The second-order valence-electron chi connectivity index (χ2n) is 7.46. The molecule has 0 atom stereocenters. The molecule has 0 radical (unpaired) electrons. The van der Waals surface area contributed by atoms with Gasteiger partial charge in [-0.3, -0.25) is 4.79 Å². The van der Waals surface area contributed by atoms with E-state index in [1.165, 1.54) is 6.07 Å². The van der Waals surface area contributed by atoms with Crippen LogP contribution in [0.4, 0.5) is 0 Å². The van der Waals surface area contributed by atoms with Crippen LogP contribution in [0.3, 0.4) is 0 Å². The number of aromatic nitrogens is 4. The standard InChI is InChI=1S/C13H8N2O2.C13H10N2O/c16-13(17)8-4-3-7-11-12(8)15-10-6-2-1-5-9(10)14-11;1-15-10-6-3-2-5-9(10)14-13-11(15)7-4-8-12(13)16/h1-7H,(H,16,17);2-8H,1H3/p-1. The molecule has 0 N–H and O–H groups in total. The van der Waals surface area contributed by atoms with Crippen LogP contribution < -0.4 is 10.5 Å². The van der Waals surface area contributed by atoms with Gasteiger partial charge in [0.05, 0.1) is 44.8 Å². The van der Waals surface area contributed by atoms with Gasteiger partial charge in [0.1, 0.15) is 5.69 Å². The number of hydrogen-bond donors (Lipinski definition) is 0. The van der Waals surface area contributed by atoms with Gasteiger partial charge in [0.25, 0.3) is 0 Å². The first-order valence-electron chi connectivity index (χ1n) is 10.2. The Morgan fingerprint density at radius 3 is 2.12 bits per heavy atom. The van der Waals surface area contributed by atoms with E-state index in [0.29, 0.717) is 22.2 Å². The van der Waals surface area contributed by atoms with Crippen molar-refractivity contribution in [1.29, 1.82) is 0 Å². The first-order valence-corrected chi connectivity index (χ1v) is 10.2. The summed E-state index contributed by atoms with van der Waals surface area (Å²) in [5, 5.41) is 11.0. The Bertz CT molecular complexity index is 1690. The monoisotopic (exact) mass is 433 g/mol. The summed E-state index contributed by atoms with van der Waals surface area (Å²) in [5.41, 5.74) is 5.66. The zero-order chi connectivity index (χ0) is 22.9. The topological polar surface area (TPSA) is 101 Å². The summed E-state index contributed by atoms with van der Waals surface area (Å²) in [7, 11) is 1.95. The van der Waals surface area contributed by atoms with Gasteiger partial charge in [-0.25, -0.2) is 15.0 Å². The lowest BCUT2D eigenvalue weighted by Crippen LogP contribution is -2.22. The maximum absolute atomic E-state index is 11.7. The number of aryl methyl sites for hydroxylation is 1. The SMILES string of the molecule is Cn1c2cccc(=O)c-2nc2ccccc21.O=C([O-])c1cccc2nc3ccccc3nc12. The molecule has 160 valence electrons. The highest BCUT2D eigenvalue weighted by Gasteiger charge is 2.11. The van der Waals surface area contributed by atoms with E-state index in [4.69, 9.17) is 0 Å². The maximum atomic E-state index is 11.7. The van der Waals surface area contributed by atoms with Crippen molar-refractivity contribution in [3.63, 3.8) is 0 Å². The predicted octanol–water partition coefficient (Wildman–Crippen LogP) is 3.18. The summed E-state index contributed by atoms with van der Waals surface area (Å²) < 4.78 is 2.00. The number of hydrogen-bond acceptors (Lipinski definition) is 6. The Hall–Kier alpha value is -4.65. The average Bonchev–Trinajstić information content (AvgIpc) is 2.83. The van der Waals surface area contributed by atoms with Gasteiger partial charge < -0.3 is 14.5 Å². The van der Waals surface area contributed by atoms with Gasteiger partial charge in [0.2, 0.25) is 5.43 Å². The molecule has 1 aromatic heterocycles. The van der Waals surface area contributed by atoms with Crippen LogP contribution in [-0.4, -0.2) is 25.5 Å². The molecule has 2 aliphatic rings. The van der Waals surface area contributed by atoms with Crippen molar-refractivity contribution in [2.75, 3.05) is 0 Å². The number of carboxylic acid groups (broad SMARTS) is 1. The zero-order valence-electron chi connectivity index (χ0n) is 17.6. The smallest absolute Gasteiger partial charge is 0.206 e. The van der Waals surface area contributed by atoms with Crippen molar-refractivity contribution in [1.82, 2.24) is 19.5 Å². The first-order chi connectivity index (χ1) is 16.0. The van der Waals surface area contributed by atoms with E-state index in [2.05, 4.69) is 15.0 Å². The fourth-order valence-corrected chi connectivity index (χ4v) is 3.79. The van der Waals surface area contributed by atoms with Crippen molar-refractivity contribution in [3.8, 4) is 11.4 Å². The lowest BCUT2D eigenvalue weighted by atomic mass is 10.1. The molecular weight excluding hydrogens is 416 g/mol. The summed E-state index contributed by atoms with van der Waals surface area (Å²) in [4.78, 5) is 35.8. The second-order valence-corrected chi connectivity index (χ2v) is 7.46. The molecule has 6 rings (SSSR count). The minimum atomic E-state index is -1.24.